The Balaban J connectivity index is 1.75. The Morgan fingerprint density at radius 1 is 0.500 bits per heavy atom. The van der Waals surface area contributed by atoms with Gasteiger partial charge in [0.25, 0.3) is 0 Å². The van der Waals surface area contributed by atoms with E-state index in [2.05, 4.69) is 28.2 Å². The lowest BCUT2D eigenvalue weighted by atomic mass is 10.1. The van der Waals surface area contributed by atoms with Crippen LogP contribution in [0.15, 0.2) is 91.3 Å². The Kier molecular flexibility index (Phi) is 3.82. The first-order valence-electron chi connectivity index (χ1n) is 7.80. The normalized spacial score (nSPS) is 10.5. The van der Waals surface area contributed by atoms with Crippen molar-refractivity contribution in [3.63, 3.8) is 0 Å². The van der Waals surface area contributed by atoms with Gasteiger partial charge in [0.2, 0.25) is 0 Å². The van der Waals surface area contributed by atoms with Crippen LogP contribution in [-0.2, 0) is 0 Å². The standard InChI is InChI=1S/C21H15N3/c1-2-7-16(8-3-1)21-23-14-12-20(24-21)18-10-6-9-17(15-18)19-11-4-5-13-22-19/h1-15H. The van der Waals surface area contributed by atoms with Gasteiger partial charge in [-0.2, -0.15) is 0 Å². The molecule has 0 amide bonds. The van der Waals surface area contributed by atoms with Crippen LogP contribution in [0, 0.1) is 0 Å². The molecule has 0 aliphatic rings. The molecule has 0 fully saturated rings. The molecule has 0 unspecified atom stereocenters. The maximum absolute atomic E-state index is 4.72. The van der Waals surface area contributed by atoms with Gasteiger partial charge in [0, 0.05) is 29.1 Å². The fourth-order valence-electron chi connectivity index (χ4n) is 2.62. The van der Waals surface area contributed by atoms with E-state index in [0.29, 0.717) is 0 Å². The smallest absolute Gasteiger partial charge is 0.159 e. The second-order valence-electron chi connectivity index (χ2n) is 5.43. The van der Waals surface area contributed by atoms with E-state index >= 15 is 0 Å². The summed E-state index contributed by atoms with van der Waals surface area (Å²) in [6.45, 7) is 0. The van der Waals surface area contributed by atoms with Crippen LogP contribution in [-0.4, -0.2) is 15.0 Å². The molecule has 114 valence electrons. The molecule has 2 aromatic carbocycles. The molecule has 2 heterocycles. The fraction of sp³-hybridized carbons (Fsp3) is 0. The van der Waals surface area contributed by atoms with E-state index in [9.17, 15) is 0 Å². The number of pyridine rings is 1. The van der Waals surface area contributed by atoms with E-state index in [1.165, 1.54) is 0 Å². The summed E-state index contributed by atoms with van der Waals surface area (Å²) in [5.74, 6) is 0.733. The number of rotatable bonds is 3. The second-order valence-corrected chi connectivity index (χ2v) is 5.43. The monoisotopic (exact) mass is 309 g/mol. The van der Waals surface area contributed by atoms with Crippen molar-refractivity contribution in [1.82, 2.24) is 15.0 Å². The zero-order chi connectivity index (χ0) is 16.2. The van der Waals surface area contributed by atoms with E-state index in [0.717, 1.165) is 33.9 Å². The summed E-state index contributed by atoms with van der Waals surface area (Å²) in [7, 11) is 0. The lowest BCUT2D eigenvalue weighted by Gasteiger charge is -2.06. The van der Waals surface area contributed by atoms with E-state index in [1.54, 1.807) is 12.4 Å². The number of aromatic nitrogens is 3. The van der Waals surface area contributed by atoms with Gasteiger partial charge >= 0.3 is 0 Å². The van der Waals surface area contributed by atoms with Gasteiger partial charge in [-0.3, -0.25) is 4.98 Å². The predicted octanol–water partition coefficient (Wildman–Crippen LogP) is 4.87. The third kappa shape index (κ3) is 2.92. The lowest BCUT2D eigenvalue weighted by molar-refractivity contribution is 1.18. The number of nitrogens with zero attached hydrogens (tertiary/aromatic N) is 3. The molecular formula is C21H15N3. The van der Waals surface area contributed by atoms with Crippen LogP contribution in [0.4, 0.5) is 0 Å². The Hall–Kier alpha value is -3.33. The molecule has 0 radical (unpaired) electrons. The average Bonchev–Trinajstić information content (AvgIpc) is 2.70. The van der Waals surface area contributed by atoms with Gasteiger partial charge in [0.15, 0.2) is 5.82 Å². The summed E-state index contributed by atoms with van der Waals surface area (Å²) in [5, 5.41) is 0. The number of hydrogen-bond donors (Lipinski definition) is 0. The molecule has 3 heteroatoms. The molecule has 0 bridgehead atoms. The van der Waals surface area contributed by atoms with Crippen LogP contribution >= 0.6 is 0 Å². The fourth-order valence-corrected chi connectivity index (χ4v) is 2.62. The average molecular weight is 309 g/mol. The highest BCUT2D eigenvalue weighted by Gasteiger charge is 2.06. The van der Waals surface area contributed by atoms with Gasteiger partial charge < -0.3 is 0 Å². The summed E-state index contributed by atoms with van der Waals surface area (Å²) < 4.78 is 0. The molecule has 0 spiro atoms. The Morgan fingerprint density at radius 3 is 2.04 bits per heavy atom. The van der Waals surface area contributed by atoms with Crippen molar-refractivity contribution in [1.29, 1.82) is 0 Å². The van der Waals surface area contributed by atoms with Gasteiger partial charge in [-0.15, -0.1) is 0 Å². The highest BCUT2D eigenvalue weighted by atomic mass is 14.9. The Bertz CT molecular complexity index is 870. The van der Waals surface area contributed by atoms with E-state index in [-0.39, 0.29) is 0 Å². The van der Waals surface area contributed by atoms with Crippen molar-refractivity contribution in [3.8, 4) is 33.9 Å². The molecule has 0 aliphatic carbocycles. The summed E-state index contributed by atoms with van der Waals surface area (Å²) in [6, 6.07) is 26.1. The summed E-state index contributed by atoms with van der Waals surface area (Å²) in [4.78, 5) is 13.5. The third-order valence-corrected chi connectivity index (χ3v) is 3.81. The summed E-state index contributed by atoms with van der Waals surface area (Å²) in [5.41, 5.74) is 5.00. The van der Waals surface area contributed by atoms with E-state index < -0.39 is 0 Å². The first kappa shape index (κ1) is 14.3. The van der Waals surface area contributed by atoms with Gasteiger partial charge in [0.05, 0.1) is 11.4 Å². The minimum Gasteiger partial charge on any atom is -0.256 e. The van der Waals surface area contributed by atoms with Gasteiger partial charge in [-0.25, -0.2) is 9.97 Å². The van der Waals surface area contributed by atoms with Crippen LogP contribution < -0.4 is 0 Å². The molecule has 4 rings (SSSR count). The molecule has 0 aliphatic heterocycles. The van der Waals surface area contributed by atoms with Crippen molar-refractivity contribution in [2.45, 2.75) is 0 Å². The topological polar surface area (TPSA) is 38.7 Å². The summed E-state index contributed by atoms with van der Waals surface area (Å²) >= 11 is 0. The maximum atomic E-state index is 4.72. The van der Waals surface area contributed by atoms with Gasteiger partial charge in [0.1, 0.15) is 0 Å². The van der Waals surface area contributed by atoms with Crippen LogP contribution in [0.1, 0.15) is 0 Å². The largest absolute Gasteiger partial charge is 0.256 e. The van der Waals surface area contributed by atoms with Crippen LogP contribution in [0.2, 0.25) is 0 Å². The maximum Gasteiger partial charge on any atom is 0.159 e. The number of benzene rings is 2. The molecular weight excluding hydrogens is 294 g/mol. The SMILES string of the molecule is c1ccc(-c2nccc(-c3cccc(-c4ccccn4)c3)n2)cc1. The van der Waals surface area contributed by atoms with E-state index in [1.807, 2.05) is 60.7 Å². The zero-order valence-electron chi connectivity index (χ0n) is 13.0. The molecule has 3 nitrogen and oxygen atoms in total. The highest BCUT2D eigenvalue weighted by molar-refractivity contribution is 5.70. The quantitative estimate of drug-likeness (QED) is 0.542. The summed E-state index contributed by atoms with van der Waals surface area (Å²) in [6.07, 6.45) is 3.61. The van der Waals surface area contributed by atoms with Crippen molar-refractivity contribution in [2.75, 3.05) is 0 Å². The van der Waals surface area contributed by atoms with Crippen molar-refractivity contribution in [2.24, 2.45) is 0 Å². The molecule has 0 atom stereocenters. The van der Waals surface area contributed by atoms with Crippen LogP contribution in [0.3, 0.4) is 0 Å². The molecule has 0 saturated carbocycles. The van der Waals surface area contributed by atoms with Crippen molar-refractivity contribution >= 4 is 0 Å². The van der Waals surface area contributed by atoms with Crippen LogP contribution in [0.5, 0.6) is 0 Å². The second kappa shape index (κ2) is 6.42. The van der Waals surface area contributed by atoms with Crippen LogP contribution in [0.25, 0.3) is 33.9 Å². The molecule has 0 saturated heterocycles. The Morgan fingerprint density at radius 2 is 1.25 bits per heavy atom. The Labute approximate surface area is 140 Å². The first-order chi connectivity index (χ1) is 11.9. The van der Waals surface area contributed by atoms with Crippen molar-refractivity contribution < 1.29 is 0 Å². The van der Waals surface area contributed by atoms with Gasteiger partial charge in [-0.05, 0) is 24.3 Å². The molecule has 0 N–H and O–H groups in total. The highest BCUT2D eigenvalue weighted by Crippen LogP contribution is 2.25. The molecule has 4 aromatic rings. The van der Waals surface area contributed by atoms with Gasteiger partial charge in [-0.1, -0.05) is 54.6 Å². The zero-order valence-corrected chi connectivity index (χ0v) is 13.0. The minimum atomic E-state index is 0.733. The molecule has 2 aromatic heterocycles. The molecule has 24 heavy (non-hydrogen) atoms. The predicted molar refractivity (Wildman–Crippen MR) is 96.1 cm³/mol. The lowest BCUT2D eigenvalue weighted by Crippen LogP contribution is -1.92. The number of hydrogen-bond acceptors (Lipinski definition) is 3. The first-order valence-corrected chi connectivity index (χ1v) is 7.80. The third-order valence-electron chi connectivity index (χ3n) is 3.81. The minimum absolute atomic E-state index is 0.733. The van der Waals surface area contributed by atoms with Crippen molar-refractivity contribution in [3.05, 3.63) is 91.3 Å². The van der Waals surface area contributed by atoms with E-state index in [4.69, 9.17) is 4.98 Å².